The van der Waals surface area contributed by atoms with Crippen molar-refractivity contribution in [1.29, 1.82) is 0 Å². The van der Waals surface area contributed by atoms with Gasteiger partial charge in [-0.1, -0.05) is 0 Å². The molecule has 0 bridgehead atoms. The minimum Gasteiger partial charge on any atom is -0.326 e. The highest BCUT2D eigenvalue weighted by Gasteiger charge is 2.30. The Labute approximate surface area is 139 Å². The molecule has 23 heavy (non-hydrogen) atoms. The van der Waals surface area contributed by atoms with E-state index in [1.165, 1.54) is 10.6 Å². The van der Waals surface area contributed by atoms with Crippen molar-refractivity contribution in [2.75, 3.05) is 24.7 Å². The number of sulfonamides is 1. The molecule has 8 heteroatoms. The van der Waals surface area contributed by atoms with Gasteiger partial charge in [-0.25, -0.2) is 17.7 Å². The number of carbonyl (C=O) groups excluding carboxylic acids is 1. The Kier molecular flexibility index (Phi) is 4.39. The molecule has 1 aliphatic heterocycles. The fraction of sp³-hybridized carbons (Fsp3) is 0.467. The first-order valence-electron chi connectivity index (χ1n) is 7.46. The molecule has 0 saturated carbocycles. The van der Waals surface area contributed by atoms with Gasteiger partial charge in [0.15, 0.2) is 0 Å². The average molecular weight is 353 g/mol. The number of nitrogens with one attached hydrogen (secondary N) is 1. The molecule has 1 aromatic carbocycles. The summed E-state index contributed by atoms with van der Waals surface area (Å²) in [6.45, 7) is 2.69. The Morgan fingerprint density at radius 2 is 2.22 bits per heavy atom. The first kappa shape index (κ1) is 16.4. The second-order valence-electron chi connectivity index (χ2n) is 5.86. The van der Waals surface area contributed by atoms with Gasteiger partial charge >= 0.3 is 0 Å². The molecule has 0 aliphatic carbocycles. The van der Waals surface area contributed by atoms with Crippen molar-refractivity contribution >= 4 is 43.2 Å². The number of thiazole rings is 1. The van der Waals surface area contributed by atoms with Crippen LogP contribution in [0, 0.1) is 12.8 Å². The lowest BCUT2D eigenvalue weighted by molar-refractivity contribution is -0.120. The molecule has 1 unspecified atom stereocenters. The van der Waals surface area contributed by atoms with Crippen molar-refractivity contribution in [2.24, 2.45) is 5.92 Å². The molecule has 1 saturated heterocycles. The van der Waals surface area contributed by atoms with Crippen LogP contribution >= 0.6 is 11.3 Å². The molecule has 1 aliphatic rings. The van der Waals surface area contributed by atoms with Gasteiger partial charge < -0.3 is 5.32 Å². The van der Waals surface area contributed by atoms with Crippen LogP contribution in [0.4, 0.5) is 5.69 Å². The Morgan fingerprint density at radius 1 is 1.43 bits per heavy atom. The van der Waals surface area contributed by atoms with Gasteiger partial charge in [0, 0.05) is 18.8 Å². The summed E-state index contributed by atoms with van der Waals surface area (Å²) in [4.78, 5) is 16.8. The lowest BCUT2D eigenvalue weighted by atomic mass is 9.98. The zero-order valence-corrected chi connectivity index (χ0v) is 14.7. The third-order valence-corrected chi connectivity index (χ3v) is 6.21. The van der Waals surface area contributed by atoms with E-state index < -0.39 is 10.0 Å². The zero-order valence-electron chi connectivity index (χ0n) is 13.1. The van der Waals surface area contributed by atoms with Crippen LogP contribution in [-0.2, 0) is 14.8 Å². The Hall–Kier alpha value is -1.51. The molecule has 1 fully saturated rings. The third-order valence-electron chi connectivity index (χ3n) is 3.99. The molecule has 124 valence electrons. The van der Waals surface area contributed by atoms with Gasteiger partial charge in [-0.15, -0.1) is 11.3 Å². The quantitative estimate of drug-likeness (QED) is 0.917. The first-order valence-corrected chi connectivity index (χ1v) is 10.1. The average Bonchev–Trinajstić information content (AvgIpc) is 2.86. The van der Waals surface area contributed by atoms with Crippen LogP contribution in [0.3, 0.4) is 0 Å². The second kappa shape index (κ2) is 6.18. The fourth-order valence-corrected chi connectivity index (χ4v) is 4.54. The lowest BCUT2D eigenvalue weighted by Gasteiger charge is -2.30. The van der Waals surface area contributed by atoms with Gasteiger partial charge in [0.2, 0.25) is 15.9 Å². The maximum Gasteiger partial charge on any atom is 0.228 e. The first-order chi connectivity index (χ1) is 10.8. The van der Waals surface area contributed by atoms with E-state index in [9.17, 15) is 13.2 Å². The molecule has 1 amide bonds. The fourth-order valence-electron chi connectivity index (χ4n) is 2.82. The maximum atomic E-state index is 12.4. The summed E-state index contributed by atoms with van der Waals surface area (Å²) in [6.07, 6.45) is 2.59. The van der Waals surface area contributed by atoms with Crippen molar-refractivity contribution < 1.29 is 13.2 Å². The summed E-state index contributed by atoms with van der Waals surface area (Å²) in [5.74, 6) is -0.448. The predicted octanol–water partition coefficient (Wildman–Crippen LogP) is 2.21. The van der Waals surface area contributed by atoms with Gasteiger partial charge in [0.25, 0.3) is 0 Å². The number of piperidine rings is 1. The number of carbonyl (C=O) groups is 1. The Morgan fingerprint density at radius 3 is 2.96 bits per heavy atom. The highest BCUT2D eigenvalue weighted by atomic mass is 32.2. The van der Waals surface area contributed by atoms with Crippen molar-refractivity contribution in [3.63, 3.8) is 0 Å². The van der Waals surface area contributed by atoms with Gasteiger partial charge in [0.05, 0.1) is 27.4 Å². The number of amides is 1. The number of hydrogen-bond donors (Lipinski definition) is 1. The van der Waals surface area contributed by atoms with Crippen LogP contribution < -0.4 is 5.32 Å². The van der Waals surface area contributed by atoms with E-state index in [2.05, 4.69) is 10.3 Å². The van der Waals surface area contributed by atoms with E-state index >= 15 is 0 Å². The summed E-state index contributed by atoms with van der Waals surface area (Å²) in [5, 5.41) is 3.87. The molecule has 2 aromatic rings. The SMILES string of the molecule is Cc1nc2cc(NC(=O)C3CCCN(S(C)(=O)=O)C3)ccc2s1. The van der Waals surface area contributed by atoms with Crippen LogP contribution in [0.5, 0.6) is 0 Å². The molecule has 0 radical (unpaired) electrons. The molecule has 1 atom stereocenters. The molecule has 3 rings (SSSR count). The molecule has 2 heterocycles. The van der Waals surface area contributed by atoms with Gasteiger partial charge in [0.1, 0.15) is 0 Å². The number of hydrogen-bond acceptors (Lipinski definition) is 5. The van der Waals surface area contributed by atoms with Gasteiger partial charge in [-0.2, -0.15) is 0 Å². The molecular weight excluding hydrogens is 334 g/mol. The Balaban J connectivity index is 1.72. The van der Waals surface area contributed by atoms with Crippen LogP contribution in [0.25, 0.3) is 10.2 Å². The zero-order chi connectivity index (χ0) is 16.6. The highest BCUT2D eigenvalue weighted by molar-refractivity contribution is 7.88. The lowest BCUT2D eigenvalue weighted by Crippen LogP contribution is -2.43. The molecule has 1 N–H and O–H groups in total. The van der Waals surface area contributed by atoms with Crippen LogP contribution in [-0.4, -0.2) is 43.0 Å². The van der Waals surface area contributed by atoms with E-state index in [0.29, 0.717) is 25.1 Å². The van der Waals surface area contributed by atoms with Gasteiger partial charge in [-0.05, 0) is 38.0 Å². The number of aryl methyl sites for hydroxylation is 1. The van der Waals surface area contributed by atoms with Crippen LogP contribution in [0.2, 0.25) is 0 Å². The van der Waals surface area contributed by atoms with Crippen LogP contribution in [0.15, 0.2) is 18.2 Å². The summed E-state index contributed by atoms with van der Waals surface area (Å²) in [5.41, 5.74) is 1.57. The topological polar surface area (TPSA) is 79.4 Å². The third kappa shape index (κ3) is 3.70. The largest absolute Gasteiger partial charge is 0.326 e. The monoisotopic (exact) mass is 353 g/mol. The maximum absolute atomic E-state index is 12.4. The summed E-state index contributed by atoms with van der Waals surface area (Å²) in [6, 6.07) is 5.65. The van der Waals surface area contributed by atoms with E-state index in [4.69, 9.17) is 0 Å². The van der Waals surface area contributed by atoms with E-state index in [-0.39, 0.29) is 18.4 Å². The van der Waals surface area contributed by atoms with E-state index in [1.54, 1.807) is 11.3 Å². The second-order valence-corrected chi connectivity index (χ2v) is 9.08. The van der Waals surface area contributed by atoms with Crippen molar-refractivity contribution in [3.05, 3.63) is 23.2 Å². The minimum absolute atomic E-state index is 0.135. The standard InChI is InChI=1S/C15H19N3O3S2/c1-10-16-13-8-12(5-6-14(13)22-10)17-15(19)11-4-3-7-18(9-11)23(2,20)21/h5-6,8,11H,3-4,7,9H2,1-2H3,(H,17,19). The summed E-state index contributed by atoms with van der Waals surface area (Å²) < 4.78 is 25.8. The molecular formula is C15H19N3O3S2. The summed E-state index contributed by atoms with van der Waals surface area (Å²) in [7, 11) is -3.25. The molecule has 0 spiro atoms. The van der Waals surface area contributed by atoms with Crippen molar-refractivity contribution in [1.82, 2.24) is 9.29 Å². The number of benzene rings is 1. The Bertz CT molecular complexity index is 845. The van der Waals surface area contributed by atoms with Crippen molar-refractivity contribution in [2.45, 2.75) is 19.8 Å². The molecule has 6 nitrogen and oxygen atoms in total. The van der Waals surface area contributed by atoms with E-state index in [0.717, 1.165) is 15.2 Å². The minimum atomic E-state index is -3.25. The predicted molar refractivity (Wildman–Crippen MR) is 92.1 cm³/mol. The summed E-state index contributed by atoms with van der Waals surface area (Å²) >= 11 is 1.61. The van der Waals surface area contributed by atoms with E-state index in [1.807, 2.05) is 25.1 Å². The van der Waals surface area contributed by atoms with Gasteiger partial charge in [-0.3, -0.25) is 4.79 Å². The van der Waals surface area contributed by atoms with Crippen LogP contribution in [0.1, 0.15) is 17.8 Å². The normalized spacial score (nSPS) is 19.8. The molecule has 1 aromatic heterocycles. The number of fused-ring (bicyclic) bond motifs is 1. The smallest absolute Gasteiger partial charge is 0.228 e. The highest BCUT2D eigenvalue weighted by Crippen LogP contribution is 2.25. The number of aromatic nitrogens is 1. The number of rotatable bonds is 3. The van der Waals surface area contributed by atoms with Crippen molar-refractivity contribution in [3.8, 4) is 0 Å². The number of anilines is 1. The number of nitrogens with zero attached hydrogens (tertiary/aromatic N) is 2.